The molecule has 292 valence electrons. The smallest absolute Gasteiger partial charge is 0.325 e. The zero-order valence-electron chi connectivity index (χ0n) is 30.1. The normalized spacial score (nSPS) is 20.3. The Morgan fingerprint density at radius 1 is 0.680 bits per heavy atom. The van der Waals surface area contributed by atoms with Crippen molar-refractivity contribution >= 4 is 23.7 Å². The lowest BCUT2D eigenvalue weighted by Crippen LogP contribution is -2.64. The maximum Gasteiger partial charge on any atom is 0.325 e. The molecule has 0 radical (unpaired) electrons. The fourth-order valence-electron chi connectivity index (χ4n) is 5.04. The van der Waals surface area contributed by atoms with E-state index < -0.39 is 55.0 Å². The molecule has 50 heavy (non-hydrogen) atoms. The molecule has 3 amide bonds. The summed E-state index contributed by atoms with van der Waals surface area (Å²) in [7, 11) is 0. The number of hydrogen-bond donors (Lipinski definition) is 6. The topological polar surface area (TPSA) is 220 Å². The summed E-state index contributed by atoms with van der Waals surface area (Å²) in [4.78, 5) is 47.2. The van der Waals surface area contributed by atoms with Gasteiger partial charge in [-0.25, -0.2) is 0 Å². The molecule has 1 aliphatic heterocycles. The van der Waals surface area contributed by atoms with Crippen LogP contribution in [0.5, 0.6) is 0 Å². The lowest BCUT2D eigenvalue weighted by Gasteiger charge is -2.42. The molecule has 0 unspecified atom stereocenters. The second kappa shape index (κ2) is 30.2. The monoisotopic (exact) mass is 721 g/mol. The molecule has 16 heteroatoms. The number of carbonyl (C=O) groups is 4. The van der Waals surface area contributed by atoms with E-state index in [0.29, 0.717) is 26.4 Å². The number of ether oxygens (including phenoxy) is 6. The Bertz CT molecular complexity index is 914. The molecule has 0 aliphatic carbocycles. The maximum atomic E-state index is 12.0. The number of unbranched alkanes of at least 4 members (excludes halogenated alkanes) is 9. The number of aliphatic hydroxyl groups is 3. The maximum absolute atomic E-state index is 12.0. The van der Waals surface area contributed by atoms with Gasteiger partial charge in [0.15, 0.2) is 6.29 Å². The molecule has 0 spiro atoms. The van der Waals surface area contributed by atoms with Crippen molar-refractivity contribution in [3.05, 3.63) is 0 Å². The Kier molecular flexibility index (Phi) is 27.5. The number of esters is 1. The highest BCUT2D eigenvalue weighted by Crippen LogP contribution is 2.22. The summed E-state index contributed by atoms with van der Waals surface area (Å²) in [5.41, 5.74) is 0. The number of carbonyl (C=O) groups excluding carboxylic acids is 4. The molecule has 1 rings (SSSR count). The summed E-state index contributed by atoms with van der Waals surface area (Å²) in [5, 5.41) is 37.3. The van der Waals surface area contributed by atoms with E-state index in [9.17, 15) is 34.5 Å². The van der Waals surface area contributed by atoms with Crippen molar-refractivity contribution in [1.29, 1.82) is 0 Å². The molecule has 0 aromatic rings. The minimum Gasteiger partial charge on any atom is -0.464 e. The van der Waals surface area contributed by atoms with Crippen LogP contribution in [-0.2, 0) is 47.6 Å². The fourth-order valence-corrected chi connectivity index (χ4v) is 5.04. The first-order valence-corrected chi connectivity index (χ1v) is 18.1. The molecule has 1 heterocycles. The van der Waals surface area contributed by atoms with Gasteiger partial charge in [-0.05, 0) is 6.42 Å². The van der Waals surface area contributed by atoms with Crippen LogP contribution in [0.3, 0.4) is 0 Å². The third-order valence-electron chi connectivity index (χ3n) is 7.84. The SMILES string of the molecule is CCCCCCCCCCCCOC(=O)CNC(=O)CCC(=O)NCCOCCOCCOCCO[C@@H]1O[C@H](CO)[C@H](O)[C@H](O)[C@H]1NC(C)=O. The zero-order valence-corrected chi connectivity index (χ0v) is 30.1. The number of amides is 3. The molecule has 0 aromatic heterocycles. The van der Waals surface area contributed by atoms with E-state index in [2.05, 4.69) is 22.9 Å². The molecule has 0 bridgehead atoms. The molecule has 1 saturated heterocycles. The predicted octanol–water partition coefficient (Wildman–Crippen LogP) is 0.473. The second-order valence-corrected chi connectivity index (χ2v) is 12.2. The van der Waals surface area contributed by atoms with Gasteiger partial charge in [-0.3, -0.25) is 19.2 Å². The van der Waals surface area contributed by atoms with Gasteiger partial charge in [0, 0.05) is 26.3 Å². The third kappa shape index (κ3) is 23.1. The fraction of sp³-hybridized carbons (Fsp3) is 0.882. The molecule has 16 nitrogen and oxygen atoms in total. The van der Waals surface area contributed by atoms with Crippen molar-refractivity contribution in [2.75, 3.05) is 72.6 Å². The van der Waals surface area contributed by atoms with Crippen LogP contribution in [0.15, 0.2) is 0 Å². The molecule has 0 saturated carbocycles. The first-order valence-electron chi connectivity index (χ1n) is 18.1. The Morgan fingerprint density at radius 3 is 1.80 bits per heavy atom. The van der Waals surface area contributed by atoms with Crippen LogP contribution in [0.4, 0.5) is 0 Å². The summed E-state index contributed by atoms with van der Waals surface area (Å²) in [5.74, 6) is -1.62. The van der Waals surface area contributed by atoms with E-state index in [1.54, 1.807) is 0 Å². The standard InChI is InChI=1S/C34H63N3O13/c1-3-4-5-6-7-8-9-10-11-12-16-48-30(42)24-36-29(41)14-13-28(40)35-15-17-45-18-19-46-20-21-47-22-23-49-34-31(37-26(2)39)33(44)32(43)27(25-38)50-34/h27,31-34,38,43-44H,3-25H2,1-2H3,(H,35,40)(H,36,41)(H,37,39)/t27-,31-,32+,33-,34-/m1/s1. The molecule has 6 N–H and O–H groups in total. The van der Waals surface area contributed by atoms with Crippen molar-refractivity contribution in [2.24, 2.45) is 0 Å². The van der Waals surface area contributed by atoms with Crippen molar-refractivity contribution in [3.8, 4) is 0 Å². The number of aliphatic hydroxyl groups excluding tert-OH is 3. The summed E-state index contributed by atoms with van der Waals surface area (Å²) < 4.78 is 32.4. The zero-order chi connectivity index (χ0) is 36.8. The highest BCUT2D eigenvalue weighted by atomic mass is 16.7. The minimum absolute atomic E-state index is 0.00847. The van der Waals surface area contributed by atoms with Crippen LogP contribution >= 0.6 is 0 Å². The largest absolute Gasteiger partial charge is 0.464 e. The predicted molar refractivity (Wildman–Crippen MR) is 182 cm³/mol. The minimum atomic E-state index is -1.38. The summed E-state index contributed by atoms with van der Waals surface area (Å²) in [6, 6.07) is -1.01. The van der Waals surface area contributed by atoms with Crippen LogP contribution in [0.2, 0.25) is 0 Å². The van der Waals surface area contributed by atoms with Crippen molar-refractivity contribution in [2.45, 2.75) is 122 Å². The van der Waals surface area contributed by atoms with Crippen LogP contribution in [0.1, 0.15) is 90.9 Å². The molecule has 0 aromatic carbocycles. The summed E-state index contributed by atoms with van der Waals surface area (Å²) in [6.45, 7) is 5.05. The van der Waals surface area contributed by atoms with Crippen LogP contribution in [0.25, 0.3) is 0 Å². The van der Waals surface area contributed by atoms with Gasteiger partial charge in [-0.2, -0.15) is 0 Å². The number of rotatable bonds is 31. The number of hydrogen-bond acceptors (Lipinski definition) is 13. The van der Waals surface area contributed by atoms with E-state index in [4.69, 9.17) is 28.4 Å². The first kappa shape index (κ1) is 45.6. The molecular weight excluding hydrogens is 658 g/mol. The average molecular weight is 722 g/mol. The van der Waals surface area contributed by atoms with Gasteiger partial charge in [-0.15, -0.1) is 0 Å². The average Bonchev–Trinajstić information content (AvgIpc) is 3.09. The third-order valence-corrected chi connectivity index (χ3v) is 7.84. The molecule has 5 atom stereocenters. The van der Waals surface area contributed by atoms with Crippen molar-refractivity contribution in [3.63, 3.8) is 0 Å². The first-order chi connectivity index (χ1) is 24.2. The van der Waals surface area contributed by atoms with Crippen molar-refractivity contribution in [1.82, 2.24) is 16.0 Å². The van der Waals surface area contributed by atoms with E-state index >= 15 is 0 Å². The van der Waals surface area contributed by atoms with Gasteiger partial charge < -0.3 is 59.7 Å². The molecule has 1 aliphatic rings. The Balaban J connectivity index is 1.93. The number of nitrogens with one attached hydrogen (secondary N) is 3. The van der Waals surface area contributed by atoms with Gasteiger partial charge in [-0.1, -0.05) is 64.7 Å². The quantitative estimate of drug-likeness (QED) is 0.0424. The van der Waals surface area contributed by atoms with E-state index in [0.717, 1.165) is 19.3 Å². The van der Waals surface area contributed by atoms with Crippen molar-refractivity contribution < 1.29 is 62.9 Å². The van der Waals surface area contributed by atoms with E-state index in [1.165, 1.54) is 51.9 Å². The lowest BCUT2D eigenvalue weighted by atomic mass is 9.97. The Morgan fingerprint density at radius 2 is 1.22 bits per heavy atom. The van der Waals surface area contributed by atoms with Gasteiger partial charge in [0.25, 0.3) is 0 Å². The summed E-state index contributed by atoms with van der Waals surface area (Å²) >= 11 is 0. The Labute approximate surface area is 296 Å². The van der Waals surface area contributed by atoms with Crippen LogP contribution in [0, 0.1) is 0 Å². The molecular formula is C34H63N3O13. The molecule has 1 fully saturated rings. The van der Waals surface area contributed by atoms with Gasteiger partial charge in [0.2, 0.25) is 17.7 Å². The second-order valence-electron chi connectivity index (χ2n) is 12.2. The summed E-state index contributed by atoms with van der Waals surface area (Å²) in [6.07, 6.45) is 7.02. The van der Waals surface area contributed by atoms with Gasteiger partial charge in [0.1, 0.15) is 30.9 Å². The van der Waals surface area contributed by atoms with Crippen LogP contribution < -0.4 is 16.0 Å². The van der Waals surface area contributed by atoms with Gasteiger partial charge in [0.05, 0.1) is 59.5 Å². The lowest BCUT2D eigenvalue weighted by molar-refractivity contribution is -0.272. The Hall–Kier alpha value is -2.44. The van der Waals surface area contributed by atoms with Crippen LogP contribution in [-0.4, -0.2) is 142 Å². The van der Waals surface area contributed by atoms with Gasteiger partial charge >= 0.3 is 5.97 Å². The highest BCUT2D eigenvalue weighted by Gasteiger charge is 2.45. The van der Waals surface area contributed by atoms with E-state index in [1.807, 2.05) is 0 Å². The highest BCUT2D eigenvalue weighted by molar-refractivity contribution is 5.85. The van der Waals surface area contributed by atoms with E-state index in [-0.39, 0.29) is 58.3 Å².